The average molecular weight is 384 g/mol. The Labute approximate surface area is 154 Å². The summed E-state index contributed by atoms with van der Waals surface area (Å²) in [5.41, 5.74) is 4.28. The molecule has 0 radical (unpaired) electrons. The van der Waals surface area contributed by atoms with E-state index < -0.39 is 41.6 Å². The van der Waals surface area contributed by atoms with Gasteiger partial charge in [0.25, 0.3) is 5.56 Å². The zero-order valence-electron chi connectivity index (χ0n) is 14.7. The number of hydrogen-bond donors (Lipinski definition) is 4. The second-order valence-corrected chi connectivity index (χ2v) is 6.70. The van der Waals surface area contributed by atoms with Crippen LogP contribution in [-0.2, 0) is 14.3 Å². The van der Waals surface area contributed by atoms with Crippen LogP contribution in [0.5, 0.6) is 0 Å². The lowest BCUT2D eigenvalue weighted by Crippen LogP contribution is -2.44. The van der Waals surface area contributed by atoms with Crippen molar-refractivity contribution in [2.45, 2.75) is 37.3 Å². The molecular formula is C16H24N4O7. The van der Waals surface area contributed by atoms with E-state index >= 15 is 0 Å². The standard InChI is InChI=1S/C16H24N4O7/c17-13(23)5-10(19-1-3-26-4-2-19)9-7-20(16(25)18-15(9)24)14-6-11(22)12(8-21)27-14/h7,10-12,14,21-22H,1-6,8H2,(H2,17,23)(H,18,24,25)/t10?,11-,12+,14+/m0/s1. The summed E-state index contributed by atoms with van der Waals surface area (Å²) in [5.74, 6) is -0.573. The summed E-state index contributed by atoms with van der Waals surface area (Å²) in [7, 11) is 0. The molecule has 2 saturated heterocycles. The van der Waals surface area contributed by atoms with Crippen LogP contribution in [0.2, 0.25) is 0 Å². The third-order valence-electron chi connectivity index (χ3n) is 4.93. The van der Waals surface area contributed by atoms with Crippen molar-refractivity contribution in [2.75, 3.05) is 32.9 Å². The molecule has 11 heteroatoms. The summed E-state index contributed by atoms with van der Waals surface area (Å²) in [5, 5.41) is 19.1. The predicted molar refractivity (Wildman–Crippen MR) is 91.9 cm³/mol. The molecule has 0 aromatic carbocycles. The van der Waals surface area contributed by atoms with Crippen molar-refractivity contribution in [1.82, 2.24) is 14.5 Å². The van der Waals surface area contributed by atoms with E-state index in [1.54, 1.807) is 0 Å². The molecule has 1 aromatic rings. The Bertz CT molecular complexity index is 786. The number of aromatic nitrogens is 2. The normalized spacial score (nSPS) is 27.6. The number of H-pyrrole nitrogens is 1. The van der Waals surface area contributed by atoms with E-state index in [0.29, 0.717) is 26.3 Å². The van der Waals surface area contributed by atoms with Crippen LogP contribution in [0.4, 0.5) is 0 Å². The molecular weight excluding hydrogens is 360 g/mol. The van der Waals surface area contributed by atoms with Crippen LogP contribution in [0.1, 0.15) is 30.7 Å². The fourth-order valence-corrected chi connectivity index (χ4v) is 3.52. The summed E-state index contributed by atoms with van der Waals surface area (Å²) < 4.78 is 12.0. The zero-order chi connectivity index (χ0) is 19.6. The van der Waals surface area contributed by atoms with Crippen molar-refractivity contribution in [3.8, 4) is 0 Å². The Hall–Kier alpha value is -2.05. The van der Waals surface area contributed by atoms with Gasteiger partial charge in [0.15, 0.2) is 0 Å². The first-order valence-electron chi connectivity index (χ1n) is 8.80. The molecule has 1 amide bonds. The third kappa shape index (κ3) is 4.28. The van der Waals surface area contributed by atoms with Gasteiger partial charge in [0.2, 0.25) is 5.91 Å². The summed E-state index contributed by atoms with van der Waals surface area (Å²) in [6.45, 7) is 1.57. The molecule has 3 rings (SSSR count). The van der Waals surface area contributed by atoms with Gasteiger partial charge in [-0.05, 0) is 0 Å². The van der Waals surface area contributed by atoms with Crippen molar-refractivity contribution in [3.63, 3.8) is 0 Å². The SMILES string of the molecule is NC(=O)CC(c1cn([C@H]2C[C@H](O)[C@@H](CO)O2)c(=O)[nH]c1=O)N1CCOCC1. The first-order chi connectivity index (χ1) is 12.9. The molecule has 0 spiro atoms. The van der Waals surface area contributed by atoms with Gasteiger partial charge in [0.1, 0.15) is 12.3 Å². The van der Waals surface area contributed by atoms with Gasteiger partial charge >= 0.3 is 5.69 Å². The maximum atomic E-state index is 12.4. The van der Waals surface area contributed by atoms with Crippen LogP contribution in [0.25, 0.3) is 0 Å². The van der Waals surface area contributed by atoms with Gasteiger partial charge in [-0.25, -0.2) is 4.79 Å². The maximum absolute atomic E-state index is 12.4. The molecule has 2 aliphatic heterocycles. The van der Waals surface area contributed by atoms with Gasteiger partial charge < -0.3 is 25.4 Å². The molecule has 1 unspecified atom stereocenters. The number of aromatic amines is 1. The van der Waals surface area contributed by atoms with Crippen molar-refractivity contribution in [1.29, 1.82) is 0 Å². The topological polar surface area (TPSA) is 160 Å². The quantitative estimate of drug-likeness (QED) is 0.416. The summed E-state index contributed by atoms with van der Waals surface area (Å²) in [4.78, 5) is 40.4. The minimum Gasteiger partial charge on any atom is -0.394 e. The summed E-state index contributed by atoms with van der Waals surface area (Å²) in [6, 6.07) is -0.609. The minimum absolute atomic E-state index is 0.0886. The number of ether oxygens (including phenoxy) is 2. The molecule has 1 aromatic heterocycles. The molecule has 0 aliphatic carbocycles. The highest BCUT2D eigenvalue weighted by Gasteiger charge is 2.36. The second-order valence-electron chi connectivity index (χ2n) is 6.70. The number of nitrogens with one attached hydrogen (secondary N) is 1. The van der Waals surface area contributed by atoms with E-state index in [4.69, 9.17) is 15.2 Å². The molecule has 27 heavy (non-hydrogen) atoms. The highest BCUT2D eigenvalue weighted by molar-refractivity contribution is 5.74. The van der Waals surface area contributed by atoms with Crippen molar-refractivity contribution in [2.24, 2.45) is 5.73 Å². The monoisotopic (exact) mass is 384 g/mol. The first-order valence-corrected chi connectivity index (χ1v) is 8.80. The maximum Gasteiger partial charge on any atom is 0.330 e. The third-order valence-corrected chi connectivity index (χ3v) is 4.93. The van der Waals surface area contributed by atoms with Gasteiger partial charge in [-0.3, -0.25) is 24.0 Å². The summed E-state index contributed by atoms with van der Waals surface area (Å²) in [6.07, 6.45) is -1.22. The van der Waals surface area contributed by atoms with E-state index in [1.807, 2.05) is 4.90 Å². The number of primary amides is 1. The van der Waals surface area contributed by atoms with E-state index in [1.165, 1.54) is 10.8 Å². The minimum atomic E-state index is -0.928. The van der Waals surface area contributed by atoms with Crippen LogP contribution >= 0.6 is 0 Å². The van der Waals surface area contributed by atoms with Crippen LogP contribution in [0, 0.1) is 0 Å². The van der Waals surface area contributed by atoms with Crippen molar-refractivity contribution in [3.05, 3.63) is 32.6 Å². The number of hydrogen-bond acceptors (Lipinski definition) is 8. The largest absolute Gasteiger partial charge is 0.394 e. The number of rotatable bonds is 6. The number of amides is 1. The lowest BCUT2D eigenvalue weighted by Gasteiger charge is -2.34. The molecule has 2 fully saturated rings. The van der Waals surface area contributed by atoms with E-state index in [0.717, 1.165) is 0 Å². The van der Waals surface area contributed by atoms with Crippen molar-refractivity contribution >= 4 is 5.91 Å². The number of nitrogens with two attached hydrogens (primary N) is 1. The van der Waals surface area contributed by atoms with Crippen LogP contribution in [-0.4, -0.2) is 75.7 Å². The Morgan fingerprint density at radius 1 is 1.37 bits per heavy atom. The highest BCUT2D eigenvalue weighted by atomic mass is 16.5. The van der Waals surface area contributed by atoms with Crippen molar-refractivity contribution < 1.29 is 24.5 Å². The van der Waals surface area contributed by atoms with Gasteiger partial charge in [-0.2, -0.15) is 0 Å². The molecule has 11 nitrogen and oxygen atoms in total. The molecule has 5 N–H and O–H groups in total. The van der Waals surface area contributed by atoms with Gasteiger partial charge in [0.05, 0.1) is 37.5 Å². The molecule has 0 bridgehead atoms. The number of morpholine rings is 1. The Balaban J connectivity index is 1.97. The highest BCUT2D eigenvalue weighted by Crippen LogP contribution is 2.28. The van der Waals surface area contributed by atoms with E-state index in [9.17, 15) is 24.6 Å². The fraction of sp³-hybridized carbons (Fsp3) is 0.688. The first kappa shape index (κ1) is 19.7. The van der Waals surface area contributed by atoms with Crippen LogP contribution in [0.15, 0.2) is 15.8 Å². The smallest absolute Gasteiger partial charge is 0.330 e. The Morgan fingerprint density at radius 2 is 2.07 bits per heavy atom. The van der Waals surface area contributed by atoms with E-state index in [2.05, 4.69) is 4.98 Å². The summed E-state index contributed by atoms with van der Waals surface area (Å²) >= 11 is 0. The molecule has 3 heterocycles. The number of carbonyl (C=O) groups excluding carboxylic acids is 1. The number of aliphatic hydroxyl groups is 2. The number of aliphatic hydroxyl groups excluding tert-OH is 2. The van der Waals surface area contributed by atoms with Crippen LogP contribution in [0.3, 0.4) is 0 Å². The molecule has 2 aliphatic rings. The average Bonchev–Trinajstić information content (AvgIpc) is 3.01. The van der Waals surface area contributed by atoms with Gasteiger partial charge in [-0.15, -0.1) is 0 Å². The molecule has 0 saturated carbocycles. The predicted octanol–water partition coefficient (Wildman–Crippen LogP) is -2.57. The van der Waals surface area contributed by atoms with Gasteiger partial charge in [0, 0.05) is 32.1 Å². The molecule has 150 valence electrons. The lowest BCUT2D eigenvalue weighted by molar-refractivity contribution is -0.119. The second kappa shape index (κ2) is 8.31. The fourth-order valence-electron chi connectivity index (χ4n) is 3.52. The van der Waals surface area contributed by atoms with Gasteiger partial charge in [-0.1, -0.05) is 0 Å². The lowest BCUT2D eigenvalue weighted by atomic mass is 10.0. The van der Waals surface area contributed by atoms with E-state index in [-0.39, 0.29) is 25.0 Å². The zero-order valence-corrected chi connectivity index (χ0v) is 14.7. The number of nitrogens with zero attached hydrogens (tertiary/aromatic N) is 2. The molecule has 4 atom stereocenters. The van der Waals surface area contributed by atoms with Crippen LogP contribution < -0.4 is 17.0 Å². The Kier molecular flexibility index (Phi) is 6.07. The Morgan fingerprint density at radius 3 is 2.67 bits per heavy atom. The number of carbonyl (C=O) groups is 1.